The second kappa shape index (κ2) is 11.5. The molecular formula is C19H28ClN3O2S. The van der Waals surface area contributed by atoms with Crippen LogP contribution < -0.4 is 10.6 Å². The molecule has 5 nitrogen and oxygen atoms in total. The van der Waals surface area contributed by atoms with Crippen LogP contribution in [0.4, 0.5) is 0 Å². The number of halogens is 1. The predicted octanol–water partition coefficient (Wildman–Crippen LogP) is 2.68. The van der Waals surface area contributed by atoms with E-state index in [0.29, 0.717) is 12.3 Å². The molecule has 1 aliphatic heterocycles. The zero-order chi connectivity index (χ0) is 18.8. The molecule has 1 aromatic carbocycles. The third-order valence-electron chi connectivity index (χ3n) is 4.31. The lowest BCUT2D eigenvalue weighted by atomic mass is 10.1. The zero-order valence-corrected chi connectivity index (χ0v) is 16.9. The molecule has 1 aromatic rings. The van der Waals surface area contributed by atoms with E-state index >= 15 is 0 Å². The van der Waals surface area contributed by atoms with E-state index in [2.05, 4.69) is 15.5 Å². The van der Waals surface area contributed by atoms with Crippen LogP contribution in [-0.4, -0.2) is 54.7 Å². The van der Waals surface area contributed by atoms with Gasteiger partial charge in [0.25, 0.3) is 0 Å². The molecule has 0 atom stereocenters. The minimum atomic E-state index is 0.0862. The van der Waals surface area contributed by atoms with Crippen LogP contribution in [0.15, 0.2) is 24.3 Å². The van der Waals surface area contributed by atoms with Crippen LogP contribution in [0, 0.1) is 0 Å². The molecule has 0 aromatic heterocycles. The van der Waals surface area contributed by atoms with Gasteiger partial charge in [0.2, 0.25) is 11.8 Å². The highest BCUT2D eigenvalue weighted by atomic mass is 35.5. The van der Waals surface area contributed by atoms with Crippen molar-refractivity contribution >= 4 is 35.2 Å². The Kier molecular flexibility index (Phi) is 9.29. The molecule has 2 N–H and O–H groups in total. The first kappa shape index (κ1) is 21.1. The van der Waals surface area contributed by atoms with Gasteiger partial charge >= 0.3 is 0 Å². The number of benzene rings is 1. The molecule has 144 valence electrons. The smallest absolute Gasteiger partial charge is 0.234 e. The number of rotatable bonds is 9. The average molecular weight is 398 g/mol. The van der Waals surface area contributed by atoms with E-state index in [1.807, 2.05) is 31.2 Å². The fraction of sp³-hybridized carbons (Fsp3) is 0.579. The van der Waals surface area contributed by atoms with Gasteiger partial charge in [0, 0.05) is 36.5 Å². The van der Waals surface area contributed by atoms with Crippen molar-refractivity contribution in [1.29, 1.82) is 0 Å². The van der Waals surface area contributed by atoms with Crippen LogP contribution in [0.1, 0.15) is 31.7 Å². The largest absolute Gasteiger partial charge is 0.355 e. The Labute approximate surface area is 165 Å². The van der Waals surface area contributed by atoms with Crippen molar-refractivity contribution in [1.82, 2.24) is 15.5 Å². The third-order valence-corrected chi connectivity index (χ3v) is 5.56. The molecule has 26 heavy (non-hydrogen) atoms. The highest BCUT2D eigenvalue weighted by molar-refractivity contribution is 7.99. The van der Waals surface area contributed by atoms with Crippen molar-refractivity contribution in [2.75, 3.05) is 31.9 Å². The maximum atomic E-state index is 12.1. The van der Waals surface area contributed by atoms with Crippen LogP contribution in [0.25, 0.3) is 0 Å². The standard InChI is InChI=1S/C19H28ClN3O2S/c1-2-9-21-18(24)12-23-10-7-17(8-11-23)22-19(25)14-26-13-15-3-5-16(20)6-4-15/h3-6,17H,2,7-14H2,1H3,(H,21,24)(H,22,25). The van der Waals surface area contributed by atoms with E-state index in [-0.39, 0.29) is 17.9 Å². The number of thioether (sulfide) groups is 1. The summed E-state index contributed by atoms with van der Waals surface area (Å²) in [4.78, 5) is 26.0. The number of amides is 2. The minimum Gasteiger partial charge on any atom is -0.355 e. The van der Waals surface area contributed by atoms with Crippen molar-refractivity contribution < 1.29 is 9.59 Å². The number of nitrogens with zero attached hydrogens (tertiary/aromatic N) is 1. The van der Waals surface area contributed by atoms with Gasteiger partial charge in [0.05, 0.1) is 12.3 Å². The molecule has 0 spiro atoms. The third kappa shape index (κ3) is 7.98. The maximum Gasteiger partial charge on any atom is 0.234 e. The van der Waals surface area contributed by atoms with Gasteiger partial charge in [-0.2, -0.15) is 0 Å². The summed E-state index contributed by atoms with van der Waals surface area (Å²) < 4.78 is 0. The van der Waals surface area contributed by atoms with Crippen molar-refractivity contribution in [2.45, 2.75) is 38.0 Å². The van der Waals surface area contributed by atoms with Gasteiger partial charge < -0.3 is 10.6 Å². The Bertz CT molecular complexity index is 575. The van der Waals surface area contributed by atoms with Gasteiger partial charge in [-0.25, -0.2) is 0 Å². The molecule has 2 amide bonds. The lowest BCUT2D eigenvalue weighted by molar-refractivity contribution is -0.123. The number of carbonyl (C=O) groups excluding carboxylic acids is 2. The van der Waals surface area contributed by atoms with E-state index in [0.717, 1.165) is 49.7 Å². The summed E-state index contributed by atoms with van der Waals surface area (Å²) in [5, 5.41) is 6.74. The number of hydrogen-bond donors (Lipinski definition) is 2. The Balaban J connectivity index is 1.58. The van der Waals surface area contributed by atoms with E-state index in [1.165, 1.54) is 5.56 Å². The Morgan fingerprint density at radius 2 is 1.88 bits per heavy atom. The van der Waals surface area contributed by atoms with Crippen molar-refractivity contribution in [3.05, 3.63) is 34.9 Å². The minimum absolute atomic E-state index is 0.0862. The summed E-state index contributed by atoms with van der Waals surface area (Å²) >= 11 is 7.48. The van der Waals surface area contributed by atoms with Crippen LogP contribution in [0.3, 0.4) is 0 Å². The highest BCUT2D eigenvalue weighted by Gasteiger charge is 2.21. The van der Waals surface area contributed by atoms with Crippen LogP contribution in [-0.2, 0) is 15.3 Å². The van der Waals surface area contributed by atoms with Crippen molar-refractivity contribution in [3.63, 3.8) is 0 Å². The van der Waals surface area contributed by atoms with Crippen molar-refractivity contribution in [3.8, 4) is 0 Å². The zero-order valence-electron chi connectivity index (χ0n) is 15.3. The Morgan fingerprint density at radius 3 is 2.54 bits per heavy atom. The summed E-state index contributed by atoms with van der Waals surface area (Å²) in [5.74, 6) is 1.44. The predicted molar refractivity (Wildman–Crippen MR) is 109 cm³/mol. The summed E-state index contributed by atoms with van der Waals surface area (Å²) in [6.07, 6.45) is 2.75. The second-order valence-corrected chi connectivity index (χ2v) is 8.01. The maximum absolute atomic E-state index is 12.1. The average Bonchev–Trinajstić information content (AvgIpc) is 2.63. The van der Waals surface area contributed by atoms with Gasteiger partial charge in [0.15, 0.2) is 0 Å². The molecule has 1 fully saturated rings. The molecule has 7 heteroatoms. The number of piperidine rings is 1. The van der Waals surface area contributed by atoms with Crippen LogP contribution in [0.2, 0.25) is 5.02 Å². The summed E-state index contributed by atoms with van der Waals surface area (Å²) in [5.41, 5.74) is 1.17. The molecule has 1 aliphatic rings. The molecular weight excluding hydrogens is 370 g/mol. The van der Waals surface area contributed by atoms with E-state index < -0.39 is 0 Å². The fourth-order valence-corrected chi connectivity index (χ4v) is 3.80. The highest BCUT2D eigenvalue weighted by Crippen LogP contribution is 2.16. The van der Waals surface area contributed by atoms with Crippen molar-refractivity contribution in [2.24, 2.45) is 0 Å². The summed E-state index contributed by atoms with van der Waals surface area (Å²) in [6.45, 7) is 4.93. The Morgan fingerprint density at radius 1 is 1.19 bits per heavy atom. The molecule has 0 unspecified atom stereocenters. The first-order valence-electron chi connectivity index (χ1n) is 9.17. The lowest BCUT2D eigenvalue weighted by Gasteiger charge is -2.31. The molecule has 1 saturated heterocycles. The topological polar surface area (TPSA) is 61.4 Å². The van der Waals surface area contributed by atoms with E-state index in [1.54, 1.807) is 11.8 Å². The van der Waals surface area contributed by atoms with E-state index in [4.69, 9.17) is 11.6 Å². The Hall–Kier alpha value is -1.24. The van der Waals surface area contributed by atoms with Gasteiger partial charge in [-0.05, 0) is 37.0 Å². The van der Waals surface area contributed by atoms with E-state index in [9.17, 15) is 9.59 Å². The van der Waals surface area contributed by atoms with Gasteiger partial charge in [-0.3, -0.25) is 14.5 Å². The number of likely N-dealkylation sites (tertiary alicyclic amines) is 1. The number of nitrogens with one attached hydrogen (secondary N) is 2. The molecule has 1 heterocycles. The molecule has 0 bridgehead atoms. The number of carbonyl (C=O) groups is 2. The SMILES string of the molecule is CCCNC(=O)CN1CCC(NC(=O)CSCc2ccc(Cl)cc2)CC1. The van der Waals surface area contributed by atoms with Crippen LogP contribution in [0.5, 0.6) is 0 Å². The monoisotopic (exact) mass is 397 g/mol. The van der Waals surface area contributed by atoms with Gasteiger partial charge in [-0.15, -0.1) is 11.8 Å². The first-order valence-corrected chi connectivity index (χ1v) is 10.7. The van der Waals surface area contributed by atoms with Gasteiger partial charge in [0.1, 0.15) is 0 Å². The normalized spacial score (nSPS) is 15.6. The van der Waals surface area contributed by atoms with Crippen LogP contribution >= 0.6 is 23.4 Å². The quantitative estimate of drug-likeness (QED) is 0.672. The first-order chi connectivity index (χ1) is 12.6. The molecule has 0 saturated carbocycles. The fourth-order valence-electron chi connectivity index (χ4n) is 2.87. The molecule has 0 aliphatic carbocycles. The second-order valence-electron chi connectivity index (χ2n) is 6.59. The lowest BCUT2D eigenvalue weighted by Crippen LogP contribution is -2.47. The summed E-state index contributed by atoms with van der Waals surface area (Å²) in [7, 11) is 0. The molecule has 2 rings (SSSR count). The number of hydrogen-bond acceptors (Lipinski definition) is 4. The molecule has 0 radical (unpaired) electrons. The van der Waals surface area contributed by atoms with Gasteiger partial charge in [-0.1, -0.05) is 30.7 Å². The summed E-state index contributed by atoms with van der Waals surface area (Å²) in [6, 6.07) is 7.93.